The molecule has 2 rings (SSSR count). The smallest absolute Gasteiger partial charge is 0.326 e. The molecule has 7 heteroatoms. The van der Waals surface area contributed by atoms with Gasteiger partial charge in [-0.05, 0) is 24.8 Å². The first-order valence-corrected chi connectivity index (χ1v) is 10.7. The number of hydrogen-bond donors (Lipinski definition) is 1. The summed E-state index contributed by atoms with van der Waals surface area (Å²) in [4.78, 5) is 25.2. The van der Waals surface area contributed by atoms with Crippen LogP contribution in [-0.2, 0) is 25.3 Å². The van der Waals surface area contributed by atoms with Crippen LogP contribution in [-0.4, -0.2) is 46.8 Å². The molecule has 1 amide bonds. The van der Waals surface area contributed by atoms with Crippen molar-refractivity contribution in [2.75, 3.05) is 18.9 Å². The number of hydrogen-bond acceptors (Lipinski definition) is 4. The lowest BCUT2D eigenvalue weighted by molar-refractivity contribution is -0.147. The zero-order valence-electron chi connectivity index (χ0n) is 14.6. The number of rotatable bonds is 9. The van der Waals surface area contributed by atoms with E-state index < -0.39 is 19.4 Å². The number of carbonyl (C=O) groups is 2. The molecule has 1 aromatic carbocycles. The SMILES string of the molecule is CCCCP(=O)(CC(=O)N1CCC[C@H]1C(=O)O)OCc1ccccc1. The number of aliphatic carboxylic acids is 1. The van der Waals surface area contributed by atoms with E-state index in [1.165, 1.54) is 4.90 Å². The van der Waals surface area contributed by atoms with Gasteiger partial charge in [0.15, 0.2) is 0 Å². The van der Waals surface area contributed by atoms with Gasteiger partial charge in [0, 0.05) is 12.7 Å². The Morgan fingerprint density at radius 3 is 2.68 bits per heavy atom. The van der Waals surface area contributed by atoms with E-state index in [4.69, 9.17) is 4.52 Å². The van der Waals surface area contributed by atoms with Gasteiger partial charge in [0.05, 0.1) is 6.61 Å². The Kier molecular flexibility index (Phi) is 7.21. The second-order valence-corrected chi connectivity index (χ2v) is 9.04. The molecule has 1 saturated heterocycles. The van der Waals surface area contributed by atoms with E-state index in [9.17, 15) is 19.3 Å². The number of likely N-dealkylation sites (tertiary alicyclic amines) is 1. The molecule has 0 saturated carbocycles. The molecule has 0 aliphatic carbocycles. The van der Waals surface area contributed by atoms with Crippen LogP contribution in [0.2, 0.25) is 0 Å². The molecule has 0 radical (unpaired) electrons. The fourth-order valence-electron chi connectivity index (χ4n) is 2.97. The van der Waals surface area contributed by atoms with Gasteiger partial charge in [-0.1, -0.05) is 43.7 Å². The minimum Gasteiger partial charge on any atom is -0.480 e. The summed E-state index contributed by atoms with van der Waals surface area (Å²) in [5.74, 6) is -1.38. The summed E-state index contributed by atoms with van der Waals surface area (Å²) in [5, 5.41) is 9.23. The normalized spacial score (nSPS) is 19.6. The number of benzene rings is 1. The van der Waals surface area contributed by atoms with Gasteiger partial charge < -0.3 is 14.5 Å². The summed E-state index contributed by atoms with van der Waals surface area (Å²) in [5.41, 5.74) is 0.899. The molecule has 0 bridgehead atoms. The van der Waals surface area contributed by atoms with Crippen LogP contribution in [0.3, 0.4) is 0 Å². The summed E-state index contributed by atoms with van der Waals surface area (Å²) >= 11 is 0. The van der Waals surface area contributed by atoms with Gasteiger partial charge in [0.25, 0.3) is 0 Å². The van der Waals surface area contributed by atoms with E-state index in [1.54, 1.807) is 0 Å². The first kappa shape index (κ1) is 19.7. The fourth-order valence-corrected chi connectivity index (χ4v) is 5.13. The Balaban J connectivity index is 2.04. The molecule has 0 aromatic heterocycles. The molecule has 2 atom stereocenters. The molecular weight excluding hydrogens is 341 g/mol. The van der Waals surface area contributed by atoms with Gasteiger partial charge >= 0.3 is 5.97 Å². The predicted octanol–water partition coefficient (Wildman–Crippen LogP) is 3.36. The highest BCUT2D eigenvalue weighted by molar-refractivity contribution is 7.59. The predicted molar refractivity (Wildman–Crippen MR) is 95.9 cm³/mol. The molecule has 1 heterocycles. The van der Waals surface area contributed by atoms with Crippen molar-refractivity contribution in [2.45, 2.75) is 45.3 Å². The van der Waals surface area contributed by atoms with Gasteiger partial charge in [0.1, 0.15) is 12.2 Å². The third kappa shape index (κ3) is 5.68. The van der Waals surface area contributed by atoms with Crippen LogP contribution in [0, 0.1) is 0 Å². The second-order valence-electron chi connectivity index (χ2n) is 6.39. The van der Waals surface area contributed by atoms with Gasteiger partial charge in [-0.3, -0.25) is 9.36 Å². The maximum Gasteiger partial charge on any atom is 0.326 e. The van der Waals surface area contributed by atoms with Gasteiger partial charge in [-0.25, -0.2) is 4.79 Å². The molecule has 1 aliphatic heterocycles. The third-order valence-corrected chi connectivity index (χ3v) is 6.75. The molecule has 138 valence electrons. The van der Waals surface area contributed by atoms with Crippen molar-refractivity contribution in [1.82, 2.24) is 4.90 Å². The Morgan fingerprint density at radius 2 is 2.04 bits per heavy atom. The topological polar surface area (TPSA) is 83.9 Å². The number of carboxylic acids is 1. The van der Waals surface area contributed by atoms with Crippen LogP contribution in [0.4, 0.5) is 0 Å². The molecule has 1 aromatic rings. The summed E-state index contributed by atoms with van der Waals surface area (Å²) < 4.78 is 18.9. The summed E-state index contributed by atoms with van der Waals surface area (Å²) in [7, 11) is -3.15. The third-order valence-electron chi connectivity index (χ3n) is 4.40. The van der Waals surface area contributed by atoms with Crippen molar-refractivity contribution in [2.24, 2.45) is 0 Å². The maximum absolute atomic E-state index is 13.2. The first-order valence-electron chi connectivity index (χ1n) is 8.74. The largest absolute Gasteiger partial charge is 0.480 e. The monoisotopic (exact) mass is 367 g/mol. The molecule has 1 unspecified atom stereocenters. The number of carbonyl (C=O) groups excluding carboxylic acids is 1. The Bertz CT molecular complexity index is 634. The maximum atomic E-state index is 13.2. The summed E-state index contributed by atoms with van der Waals surface area (Å²) in [6.07, 6.45) is 2.80. The van der Waals surface area contributed by atoms with Crippen LogP contribution in [0.15, 0.2) is 30.3 Å². The minimum absolute atomic E-state index is 0.192. The Labute approximate surface area is 148 Å². The fraction of sp³-hybridized carbons (Fsp3) is 0.556. The van der Waals surface area contributed by atoms with Crippen molar-refractivity contribution >= 4 is 19.2 Å². The molecule has 1 fully saturated rings. The van der Waals surface area contributed by atoms with Gasteiger partial charge in [-0.2, -0.15) is 0 Å². The second kappa shape index (κ2) is 9.16. The lowest BCUT2D eigenvalue weighted by atomic mass is 10.2. The van der Waals surface area contributed by atoms with E-state index in [1.807, 2.05) is 37.3 Å². The molecule has 25 heavy (non-hydrogen) atoms. The molecular formula is C18H26NO5P. The highest BCUT2D eigenvalue weighted by atomic mass is 31.2. The van der Waals surface area contributed by atoms with Crippen molar-refractivity contribution in [3.8, 4) is 0 Å². The van der Waals surface area contributed by atoms with E-state index in [-0.39, 0.29) is 18.7 Å². The zero-order valence-corrected chi connectivity index (χ0v) is 15.5. The summed E-state index contributed by atoms with van der Waals surface area (Å²) in [6.45, 7) is 2.59. The number of unbranched alkanes of at least 4 members (excludes halogenated alkanes) is 1. The van der Waals surface area contributed by atoms with Crippen LogP contribution in [0.1, 0.15) is 38.2 Å². The van der Waals surface area contributed by atoms with Crippen LogP contribution in [0.25, 0.3) is 0 Å². The number of nitrogens with zero attached hydrogens (tertiary/aromatic N) is 1. The van der Waals surface area contributed by atoms with Gasteiger partial charge in [0.2, 0.25) is 13.3 Å². The summed E-state index contributed by atoms with van der Waals surface area (Å²) in [6, 6.07) is 8.61. The van der Waals surface area contributed by atoms with E-state index in [2.05, 4.69) is 0 Å². The average molecular weight is 367 g/mol. The highest BCUT2D eigenvalue weighted by Crippen LogP contribution is 2.49. The minimum atomic E-state index is -3.15. The Hall–Kier alpha value is -1.65. The highest BCUT2D eigenvalue weighted by Gasteiger charge is 2.37. The molecule has 0 spiro atoms. The van der Waals surface area contributed by atoms with Gasteiger partial charge in [-0.15, -0.1) is 0 Å². The van der Waals surface area contributed by atoms with Crippen LogP contribution < -0.4 is 0 Å². The number of amides is 1. The van der Waals surface area contributed by atoms with Crippen molar-refractivity contribution in [1.29, 1.82) is 0 Å². The molecule has 1 N–H and O–H groups in total. The standard InChI is InChI=1S/C18H26NO5P/c1-2-3-12-25(23,24-13-15-8-5-4-6-9-15)14-17(20)19-11-7-10-16(19)18(21)22/h4-6,8-9,16H,2-3,7,10-14H2,1H3,(H,21,22)/t16-,25?/m0/s1. The van der Waals surface area contributed by atoms with Crippen molar-refractivity contribution < 1.29 is 23.8 Å². The molecule has 1 aliphatic rings. The van der Waals surface area contributed by atoms with E-state index in [0.29, 0.717) is 32.0 Å². The van der Waals surface area contributed by atoms with Crippen LogP contribution >= 0.6 is 7.37 Å². The number of carboxylic acid groups (broad SMARTS) is 1. The van der Waals surface area contributed by atoms with Crippen molar-refractivity contribution in [3.63, 3.8) is 0 Å². The van der Waals surface area contributed by atoms with E-state index in [0.717, 1.165) is 12.0 Å². The van der Waals surface area contributed by atoms with Crippen molar-refractivity contribution in [3.05, 3.63) is 35.9 Å². The first-order chi connectivity index (χ1) is 11.9. The van der Waals surface area contributed by atoms with Crippen LogP contribution in [0.5, 0.6) is 0 Å². The zero-order chi connectivity index (χ0) is 18.3. The quantitative estimate of drug-likeness (QED) is 0.677. The average Bonchev–Trinajstić information content (AvgIpc) is 3.10. The lowest BCUT2D eigenvalue weighted by Crippen LogP contribution is -2.42. The Morgan fingerprint density at radius 1 is 1.32 bits per heavy atom. The lowest BCUT2D eigenvalue weighted by Gasteiger charge is -2.25. The van der Waals surface area contributed by atoms with E-state index >= 15 is 0 Å². The molecule has 6 nitrogen and oxygen atoms in total.